The van der Waals surface area contributed by atoms with Crippen LogP contribution >= 0.6 is 0 Å². The molecule has 0 unspecified atom stereocenters. The van der Waals surface area contributed by atoms with Gasteiger partial charge in [0.15, 0.2) is 5.69 Å². The molecule has 3 rings (SSSR count). The Kier molecular flexibility index (Phi) is 4.67. The van der Waals surface area contributed by atoms with Gasteiger partial charge in [-0.2, -0.15) is 5.10 Å². The van der Waals surface area contributed by atoms with Crippen LogP contribution in [0.1, 0.15) is 42.5 Å². The fourth-order valence-electron chi connectivity index (χ4n) is 2.72. The zero-order valence-corrected chi connectivity index (χ0v) is 14.9. The van der Waals surface area contributed by atoms with E-state index in [1.807, 2.05) is 0 Å². The number of benzene rings is 1. The molecule has 0 aliphatic carbocycles. The van der Waals surface area contributed by atoms with Crippen LogP contribution in [-0.4, -0.2) is 39.2 Å². The SMILES string of the molecule is CC(C)(C)OC(=O)N1CCc2[nH]nc(C(=O)Nc3cccc(F)c3)c2C1. The minimum absolute atomic E-state index is 0.192. The third-order valence-corrected chi connectivity index (χ3v) is 3.88. The fourth-order valence-corrected chi connectivity index (χ4v) is 2.72. The number of nitrogens with one attached hydrogen (secondary N) is 2. The third-order valence-electron chi connectivity index (χ3n) is 3.88. The molecule has 2 aromatic rings. The summed E-state index contributed by atoms with van der Waals surface area (Å²) < 4.78 is 18.7. The minimum Gasteiger partial charge on any atom is -0.444 e. The van der Waals surface area contributed by atoms with Crippen molar-refractivity contribution >= 4 is 17.7 Å². The molecule has 1 aromatic carbocycles. The Balaban J connectivity index is 1.75. The molecule has 1 aliphatic heterocycles. The van der Waals surface area contributed by atoms with Crippen molar-refractivity contribution in [2.24, 2.45) is 0 Å². The molecule has 26 heavy (non-hydrogen) atoms. The maximum absolute atomic E-state index is 13.3. The van der Waals surface area contributed by atoms with E-state index in [1.54, 1.807) is 31.7 Å². The summed E-state index contributed by atoms with van der Waals surface area (Å²) in [5.41, 5.74) is 1.40. The number of amides is 2. The van der Waals surface area contributed by atoms with Gasteiger partial charge in [0.1, 0.15) is 11.4 Å². The van der Waals surface area contributed by atoms with Crippen LogP contribution in [0.2, 0.25) is 0 Å². The number of H-pyrrole nitrogens is 1. The number of fused-ring (bicyclic) bond motifs is 1. The van der Waals surface area contributed by atoms with Crippen molar-refractivity contribution in [1.29, 1.82) is 0 Å². The predicted molar refractivity (Wildman–Crippen MR) is 93.3 cm³/mol. The van der Waals surface area contributed by atoms with Gasteiger partial charge < -0.3 is 15.0 Å². The van der Waals surface area contributed by atoms with Crippen molar-refractivity contribution in [3.8, 4) is 0 Å². The van der Waals surface area contributed by atoms with Gasteiger partial charge in [-0.3, -0.25) is 9.89 Å². The molecule has 1 aliphatic rings. The summed E-state index contributed by atoms with van der Waals surface area (Å²) in [4.78, 5) is 26.3. The number of hydrogen-bond donors (Lipinski definition) is 2. The lowest BCUT2D eigenvalue weighted by Crippen LogP contribution is -2.40. The fraction of sp³-hybridized carbons (Fsp3) is 0.389. The number of carbonyl (C=O) groups is 2. The van der Waals surface area contributed by atoms with Crippen LogP contribution in [0.25, 0.3) is 0 Å². The minimum atomic E-state index is -0.592. The van der Waals surface area contributed by atoms with Gasteiger partial charge in [0, 0.05) is 29.9 Å². The maximum atomic E-state index is 13.3. The average Bonchev–Trinajstić information content (AvgIpc) is 2.96. The zero-order valence-electron chi connectivity index (χ0n) is 14.9. The lowest BCUT2D eigenvalue weighted by molar-refractivity contribution is 0.0222. The number of rotatable bonds is 2. The molecule has 0 fully saturated rings. The molecular formula is C18H21FN4O3. The molecule has 7 nitrogen and oxygen atoms in total. The highest BCUT2D eigenvalue weighted by atomic mass is 19.1. The van der Waals surface area contributed by atoms with E-state index in [2.05, 4.69) is 15.5 Å². The normalized spacial score (nSPS) is 13.9. The zero-order chi connectivity index (χ0) is 18.9. The molecule has 2 heterocycles. The number of nitrogens with zero attached hydrogens (tertiary/aromatic N) is 2. The van der Waals surface area contributed by atoms with Gasteiger partial charge in [0.05, 0.1) is 6.54 Å². The smallest absolute Gasteiger partial charge is 0.410 e. The Morgan fingerprint density at radius 1 is 1.35 bits per heavy atom. The Bertz CT molecular complexity index is 841. The van der Waals surface area contributed by atoms with Crippen molar-refractivity contribution in [3.63, 3.8) is 0 Å². The Hall–Kier alpha value is -2.90. The average molecular weight is 360 g/mol. The lowest BCUT2D eigenvalue weighted by Gasteiger charge is -2.30. The molecule has 0 atom stereocenters. The second kappa shape index (κ2) is 6.78. The van der Waals surface area contributed by atoms with Gasteiger partial charge in [0.25, 0.3) is 5.91 Å². The molecule has 0 bridgehead atoms. The van der Waals surface area contributed by atoms with E-state index in [0.29, 0.717) is 24.2 Å². The molecule has 2 amide bonds. The van der Waals surface area contributed by atoms with Gasteiger partial charge >= 0.3 is 6.09 Å². The highest BCUT2D eigenvalue weighted by molar-refractivity contribution is 6.04. The summed E-state index contributed by atoms with van der Waals surface area (Å²) in [5, 5.41) is 9.54. The second-order valence-electron chi connectivity index (χ2n) is 7.15. The maximum Gasteiger partial charge on any atom is 0.410 e. The molecule has 1 aromatic heterocycles. The summed E-state index contributed by atoms with van der Waals surface area (Å²) >= 11 is 0. The van der Waals surface area contributed by atoms with Crippen molar-refractivity contribution in [1.82, 2.24) is 15.1 Å². The highest BCUT2D eigenvalue weighted by Crippen LogP contribution is 2.23. The monoisotopic (exact) mass is 360 g/mol. The van der Waals surface area contributed by atoms with E-state index < -0.39 is 23.4 Å². The van der Waals surface area contributed by atoms with Gasteiger partial charge in [-0.05, 0) is 39.0 Å². The number of carbonyl (C=O) groups excluding carboxylic acids is 2. The number of anilines is 1. The van der Waals surface area contributed by atoms with Crippen LogP contribution in [0.3, 0.4) is 0 Å². The van der Waals surface area contributed by atoms with Crippen molar-refractivity contribution < 1.29 is 18.7 Å². The molecule has 0 saturated carbocycles. The highest BCUT2D eigenvalue weighted by Gasteiger charge is 2.30. The first kappa shape index (κ1) is 17.9. The van der Waals surface area contributed by atoms with E-state index in [9.17, 15) is 14.0 Å². The second-order valence-corrected chi connectivity index (χ2v) is 7.15. The number of hydrogen-bond acceptors (Lipinski definition) is 4. The molecular weight excluding hydrogens is 339 g/mol. The first-order valence-electron chi connectivity index (χ1n) is 8.34. The van der Waals surface area contributed by atoms with Gasteiger partial charge in [-0.25, -0.2) is 9.18 Å². The number of ether oxygens (including phenoxy) is 1. The topological polar surface area (TPSA) is 87.3 Å². The Morgan fingerprint density at radius 2 is 2.12 bits per heavy atom. The van der Waals surface area contributed by atoms with Crippen LogP contribution in [-0.2, 0) is 17.7 Å². The van der Waals surface area contributed by atoms with Gasteiger partial charge in [-0.15, -0.1) is 0 Å². The first-order chi connectivity index (χ1) is 12.2. The molecule has 0 saturated heterocycles. The molecule has 0 radical (unpaired) electrons. The largest absolute Gasteiger partial charge is 0.444 e. The third kappa shape index (κ3) is 4.01. The van der Waals surface area contributed by atoms with Crippen molar-refractivity contribution in [2.75, 3.05) is 11.9 Å². The summed E-state index contributed by atoms with van der Waals surface area (Å²) in [5.74, 6) is -0.901. The van der Waals surface area contributed by atoms with E-state index >= 15 is 0 Å². The quantitative estimate of drug-likeness (QED) is 0.861. The van der Waals surface area contributed by atoms with Crippen LogP contribution in [0.4, 0.5) is 14.9 Å². The summed E-state index contributed by atoms with van der Waals surface area (Å²) in [6.45, 7) is 6.11. The molecule has 138 valence electrons. The van der Waals surface area contributed by atoms with E-state index in [4.69, 9.17) is 4.74 Å². The number of aromatic amines is 1. The van der Waals surface area contributed by atoms with Crippen LogP contribution in [0.5, 0.6) is 0 Å². The van der Waals surface area contributed by atoms with Crippen LogP contribution < -0.4 is 5.32 Å². The van der Waals surface area contributed by atoms with E-state index in [0.717, 1.165) is 5.69 Å². The lowest BCUT2D eigenvalue weighted by atomic mass is 10.1. The Morgan fingerprint density at radius 3 is 2.81 bits per heavy atom. The molecule has 8 heteroatoms. The van der Waals surface area contributed by atoms with E-state index in [1.165, 1.54) is 18.2 Å². The van der Waals surface area contributed by atoms with Crippen LogP contribution in [0.15, 0.2) is 24.3 Å². The number of halogens is 1. The van der Waals surface area contributed by atoms with Crippen molar-refractivity contribution in [3.05, 3.63) is 47.0 Å². The summed E-state index contributed by atoms with van der Waals surface area (Å²) in [7, 11) is 0. The molecule has 0 spiro atoms. The number of aromatic nitrogens is 2. The Labute approximate surface area is 150 Å². The van der Waals surface area contributed by atoms with Crippen LogP contribution in [0, 0.1) is 5.82 Å². The van der Waals surface area contributed by atoms with Crippen molar-refractivity contribution in [2.45, 2.75) is 39.3 Å². The molecule has 2 N–H and O–H groups in total. The summed E-state index contributed by atoms with van der Waals surface area (Å²) in [6, 6.07) is 5.62. The van der Waals surface area contributed by atoms with Gasteiger partial charge in [0.2, 0.25) is 0 Å². The standard InChI is InChI=1S/C18H21FN4O3/c1-18(2,3)26-17(25)23-8-7-14-13(10-23)15(22-21-14)16(24)20-12-6-4-5-11(19)9-12/h4-6,9H,7-8,10H2,1-3H3,(H,20,24)(H,21,22). The van der Waals surface area contributed by atoms with E-state index in [-0.39, 0.29) is 12.2 Å². The predicted octanol–water partition coefficient (Wildman–Crippen LogP) is 3.09. The summed E-state index contributed by atoms with van der Waals surface area (Å²) in [6.07, 6.45) is 0.121. The first-order valence-corrected chi connectivity index (χ1v) is 8.34. The van der Waals surface area contributed by atoms with Gasteiger partial charge in [-0.1, -0.05) is 6.07 Å².